The number of imidazole rings is 1. The number of fused-ring (bicyclic) bond motifs is 1. The average Bonchev–Trinajstić information content (AvgIpc) is 2.75. The van der Waals surface area contributed by atoms with Gasteiger partial charge in [-0.1, -0.05) is 13.3 Å². The molecule has 0 saturated carbocycles. The lowest BCUT2D eigenvalue weighted by atomic mass is 10.3. The number of nitrogens with two attached hydrogens (primary N) is 1. The monoisotopic (exact) mass is 249 g/mol. The van der Waals surface area contributed by atoms with Gasteiger partial charge < -0.3 is 20.2 Å². The molecule has 0 radical (unpaired) electrons. The van der Waals surface area contributed by atoms with Crippen LogP contribution < -0.4 is 10.5 Å². The van der Waals surface area contributed by atoms with Crippen LogP contribution in [-0.2, 0) is 4.74 Å². The predicted molar refractivity (Wildman–Crippen MR) is 71.7 cm³/mol. The second-order valence-electron chi connectivity index (χ2n) is 4.13. The Labute approximate surface area is 106 Å². The number of H-pyrrole nitrogens is 1. The number of hydrogen-bond donors (Lipinski definition) is 2. The van der Waals surface area contributed by atoms with Crippen LogP contribution in [0.25, 0.3) is 11.0 Å². The van der Waals surface area contributed by atoms with Crippen molar-refractivity contribution >= 4 is 16.7 Å². The van der Waals surface area contributed by atoms with E-state index in [0.29, 0.717) is 24.9 Å². The number of nitrogens with zero attached hydrogens (tertiary/aromatic N) is 1. The summed E-state index contributed by atoms with van der Waals surface area (Å²) in [4.78, 5) is 7.37. The second-order valence-corrected chi connectivity index (χ2v) is 4.13. The summed E-state index contributed by atoms with van der Waals surface area (Å²) in [6, 6.07) is 6.04. The Kier molecular flexibility index (Phi) is 4.41. The maximum Gasteiger partial charge on any atom is 0.294 e. The van der Waals surface area contributed by atoms with Crippen molar-refractivity contribution < 1.29 is 9.47 Å². The molecule has 0 aliphatic heterocycles. The van der Waals surface area contributed by atoms with E-state index in [4.69, 9.17) is 15.2 Å². The minimum absolute atomic E-state index is 0.499. The molecule has 0 saturated heterocycles. The molecule has 0 atom stereocenters. The van der Waals surface area contributed by atoms with E-state index in [0.717, 1.165) is 30.5 Å². The topological polar surface area (TPSA) is 73.2 Å². The van der Waals surface area contributed by atoms with E-state index in [1.54, 1.807) is 0 Å². The summed E-state index contributed by atoms with van der Waals surface area (Å²) >= 11 is 0. The molecule has 0 amide bonds. The van der Waals surface area contributed by atoms with Crippen LogP contribution in [0.1, 0.15) is 19.8 Å². The number of ether oxygens (including phenoxy) is 2. The quantitative estimate of drug-likeness (QED) is 0.583. The molecule has 1 aromatic heterocycles. The smallest absolute Gasteiger partial charge is 0.294 e. The summed E-state index contributed by atoms with van der Waals surface area (Å²) in [6.45, 7) is 4.01. The first kappa shape index (κ1) is 12.7. The maximum absolute atomic E-state index is 5.69. The fourth-order valence-corrected chi connectivity index (χ4v) is 1.62. The van der Waals surface area contributed by atoms with E-state index < -0.39 is 0 Å². The molecule has 0 aliphatic rings. The Morgan fingerprint density at radius 2 is 2.17 bits per heavy atom. The number of benzene rings is 1. The number of unbranched alkanes of at least 4 members (excludes halogenated alkanes) is 1. The van der Waals surface area contributed by atoms with Gasteiger partial charge in [0.15, 0.2) is 0 Å². The first-order valence-corrected chi connectivity index (χ1v) is 6.25. The maximum atomic E-state index is 5.69. The highest BCUT2D eigenvalue weighted by molar-refractivity contribution is 5.79. The molecule has 5 heteroatoms. The van der Waals surface area contributed by atoms with E-state index in [1.165, 1.54) is 0 Å². The van der Waals surface area contributed by atoms with Crippen molar-refractivity contribution in [3.8, 4) is 6.01 Å². The summed E-state index contributed by atoms with van der Waals surface area (Å²) in [5, 5.41) is 0. The highest BCUT2D eigenvalue weighted by Gasteiger charge is 2.03. The molecule has 0 aliphatic carbocycles. The molecule has 3 N–H and O–H groups in total. The fraction of sp³-hybridized carbons (Fsp3) is 0.462. The van der Waals surface area contributed by atoms with Gasteiger partial charge in [0.25, 0.3) is 6.01 Å². The van der Waals surface area contributed by atoms with Gasteiger partial charge in [-0.3, -0.25) is 0 Å². The second kappa shape index (κ2) is 6.26. The first-order chi connectivity index (χ1) is 8.79. The summed E-state index contributed by atoms with van der Waals surface area (Å²) in [5.74, 6) is 0. The van der Waals surface area contributed by atoms with Crippen LogP contribution in [0, 0.1) is 0 Å². The molecule has 18 heavy (non-hydrogen) atoms. The van der Waals surface area contributed by atoms with Crippen molar-refractivity contribution in [3.63, 3.8) is 0 Å². The van der Waals surface area contributed by atoms with E-state index in [2.05, 4.69) is 16.9 Å². The highest BCUT2D eigenvalue weighted by atomic mass is 16.5. The van der Waals surface area contributed by atoms with Crippen LogP contribution >= 0.6 is 0 Å². The number of rotatable bonds is 7. The molecular formula is C13H19N3O2. The van der Waals surface area contributed by atoms with Crippen LogP contribution in [-0.4, -0.2) is 29.8 Å². The molecule has 0 unspecified atom stereocenters. The van der Waals surface area contributed by atoms with Crippen molar-refractivity contribution in [3.05, 3.63) is 18.2 Å². The van der Waals surface area contributed by atoms with Crippen molar-refractivity contribution in [2.24, 2.45) is 0 Å². The summed E-state index contributed by atoms with van der Waals surface area (Å²) in [7, 11) is 0. The van der Waals surface area contributed by atoms with Gasteiger partial charge in [-0.2, -0.15) is 4.98 Å². The number of aromatic nitrogens is 2. The summed E-state index contributed by atoms with van der Waals surface area (Å²) in [6.07, 6.45) is 2.23. The van der Waals surface area contributed by atoms with E-state index >= 15 is 0 Å². The van der Waals surface area contributed by atoms with Crippen molar-refractivity contribution in [2.45, 2.75) is 19.8 Å². The third-order valence-corrected chi connectivity index (χ3v) is 2.59. The van der Waals surface area contributed by atoms with E-state index in [-0.39, 0.29) is 0 Å². The zero-order chi connectivity index (χ0) is 12.8. The molecule has 1 aromatic carbocycles. The normalized spacial score (nSPS) is 10.9. The zero-order valence-electron chi connectivity index (χ0n) is 10.6. The lowest BCUT2D eigenvalue weighted by Crippen LogP contribution is -2.08. The molecule has 0 bridgehead atoms. The Hall–Kier alpha value is -1.75. The van der Waals surface area contributed by atoms with Crippen molar-refractivity contribution in [1.29, 1.82) is 0 Å². The third kappa shape index (κ3) is 3.37. The highest BCUT2D eigenvalue weighted by Crippen LogP contribution is 2.18. The minimum Gasteiger partial charge on any atom is -0.462 e. The Morgan fingerprint density at radius 3 is 3.00 bits per heavy atom. The lowest BCUT2D eigenvalue weighted by Gasteiger charge is -2.03. The fourth-order valence-electron chi connectivity index (χ4n) is 1.62. The largest absolute Gasteiger partial charge is 0.462 e. The van der Waals surface area contributed by atoms with Crippen LogP contribution in [0.5, 0.6) is 6.01 Å². The van der Waals surface area contributed by atoms with Crippen LogP contribution in [0.15, 0.2) is 18.2 Å². The molecule has 0 fully saturated rings. The number of nitrogen functional groups attached to an aromatic ring is 1. The van der Waals surface area contributed by atoms with E-state index in [9.17, 15) is 0 Å². The summed E-state index contributed by atoms with van der Waals surface area (Å²) in [5.41, 5.74) is 8.14. The number of aromatic amines is 1. The Morgan fingerprint density at radius 1 is 1.28 bits per heavy atom. The average molecular weight is 249 g/mol. The van der Waals surface area contributed by atoms with Gasteiger partial charge in [0.05, 0.1) is 17.6 Å². The standard InChI is InChI=1S/C13H19N3O2/c1-2-3-6-17-7-8-18-13-15-11-5-4-10(14)9-12(11)16-13/h4-5,9H,2-3,6-8,14H2,1H3,(H,15,16). The number of anilines is 1. The van der Waals surface area contributed by atoms with Crippen molar-refractivity contribution in [2.75, 3.05) is 25.6 Å². The summed E-state index contributed by atoms with van der Waals surface area (Å²) < 4.78 is 10.9. The molecule has 2 rings (SSSR count). The molecule has 1 heterocycles. The van der Waals surface area contributed by atoms with E-state index in [1.807, 2.05) is 18.2 Å². The van der Waals surface area contributed by atoms with Gasteiger partial charge in [0, 0.05) is 12.3 Å². The van der Waals surface area contributed by atoms with Crippen LogP contribution in [0.3, 0.4) is 0 Å². The van der Waals surface area contributed by atoms with Gasteiger partial charge >= 0.3 is 0 Å². The van der Waals surface area contributed by atoms with Crippen LogP contribution in [0.2, 0.25) is 0 Å². The van der Waals surface area contributed by atoms with Gasteiger partial charge in [-0.15, -0.1) is 0 Å². The van der Waals surface area contributed by atoms with Gasteiger partial charge in [-0.25, -0.2) is 0 Å². The lowest BCUT2D eigenvalue weighted by molar-refractivity contribution is 0.0952. The Bertz CT molecular complexity index is 496. The molecule has 98 valence electrons. The minimum atomic E-state index is 0.499. The predicted octanol–water partition coefficient (Wildman–Crippen LogP) is 2.34. The Balaban J connectivity index is 1.81. The molecule has 5 nitrogen and oxygen atoms in total. The zero-order valence-corrected chi connectivity index (χ0v) is 10.6. The first-order valence-electron chi connectivity index (χ1n) is 6.25. The molecule has 0 spiro atoms. The number of nitrogens with one attached hydrogen (secondary N) is 1. The SMILES string of the molecule is CCCCOCCOc1nc2ccc(N)cc2[nH]1. The van der Waals surface area contributed by atoms with Gasteiger partial charge in [0.2, 0.25) is 0 Å². The molecular weight excluding hydrogens is 230 g/mol. The van der Waals surface area contributed by atoms with Crippen molar-refractivity contribution in [1.82, 2.24) is 9.97 Å². The number of hydrogen-bond acceptors (Lipinski definition) is 4. The van der Waals surface area contributed by atoms with Gasteiger partial charge in [0.1, 0.15) is 6.61 Å². The molecule has 2 aromatic rings. The van der Waals surface area contributed by atoms with Gasteiger partial charge in [-0.05, 0) is 24.6 Å². The third-order valence-electron chi connectivity index (χ3n) is 2.59. The van der Waals surface area contributed by atoms with Crippen LogP contribution in [0.4, 0.5) is 5.69 Å².